The van der Waals surface area contributed by atoms with Gasteiger partial charge in [0.05, 0.1) is 11.4 Å². The Hall–Kier alpha value is -1.78. The van der Waals surface area contributed by atoms with Crippen LogP contribution < -0.4 is 16.4 Å². The smallest absolute Gasteiger partial charge is 0.242 e. The molecule has 0 aliphatic rings. The van der Waals surface area contributed by atoms with Gasteiger partial charge in [0, 0.05) is 6.54 Å². The number of hydrogen-bond acceptors (Lipinski definition) is 3. The van der Waals surface area contributed by atoms with Crippen molar-refractivity contribution in [2.45, 2.75) is 26.8 Å². The number of rotatable bonds is 4. The van der Waals surface area contributed by atoms with Gasteiger partial charge in [0.2, 0.25) is 5.91 Å². The zero-order valence-electron chi connectivity index (χ0n) is 10.3. The molecule has 5 heteroatoms. The Kier molecular flexibility index (Phi) is 4.31. The van der Waals surface area contributed by atoms with Crippen LogP contribution in [0.25, 0.3) is 0 Å². The number of benzene rings is 1. The Morgan fingerprint density at radius 3 is 2.76 bits per heavy atom. The molecule has 0 aromatic heterocycles. The molecule has 1 unspecified atom stereocenters. The maximum atomic E-state index is 13.2. The molecule has 94 valence electrons. The number of nitrogen functional groups attached to an aromatic ring is 1. The van der Waals surface area contributed by atoms with Gasteiger partial charge in [-0.2, -0.15) is 0 Å². The van der Waals surface area contributed by atoms with Gasteiger partial charge in [-0.1, -0.05) is 0 Å². The summed E-state index contributed by atoms with van der Waals surface area (Å²) < 4.78 is 13.2. The molecule has 0 heterocycles. The summed E-state index contributed by atoms with van der Waals surface area (Å²) in [5.74, 6) is -0.465. The van der Waals surface area contributed by atoms with Crippen molar-refractivity contribution in [3.8, 4) is 0 Å². The fraction of sp³-hybridized carbons (Fsp3) is 0.417. The summed E-state index contributed by atoms with van der Waals surface area (Å²) in [6.45, 7) is 5.80. The Labute approximate surface area is 100 Å². The maximum absolute atomic E-state index is 13.2. The zero-order valence-corrected chi connectivity index (χ0v) is 10.3. The van der Waals surface area contributed by atoms with E-state index in [2.05, 4.69) is 10.6 Å². The van der Waals surface area contributed by atoms with E-state index in [1.54, 1.807) is 19.9 Å². The van der Waals surface area contributed by atoms with E-state index in [1.165, 1.54) is 6.07 Å². The second kappa shape index (κ2) is 5.52. The highest BCUT2D eigenvalue weighted by Gasteiger charge is 2.13. The van der Waals surface area contributed by atoms with Gasteiger partial charge in [0.25, 0.3) is 0 Å². The number of anilines is 2. The van der Waals surface area contributed by atoms with Crippen molar-refractivity contribution in [2.24, 2.45) is 0 Å². The van der Waals surface area contributed by atoms with Crippen LogP contribution in [0.1, 0.15) is 19.4 Å². The van der Waals surface area contributed by atoms with E-state index in [0.29, 0.717) is 23.5 Å². The summed E-state index contributed by atoms with van der Waals surface area (Å²) in [5.41, 5.74) is 7.04. The number of halogens is 1. The lowest BCUT2D eigenvalue weighted by Crippen LogP contribution is -2.37. The normalized spacial score (nSPS) is 12.0. The van der Waals surface area contributed by atoms with Gasteiger partial charge in [-0.15, -0.1) is 0 Å². The molecule has 0 saturated heterocycles. The number of carbonyl (C=O) groups excluding carboxylic acids is 1. The SMILES string of the molecule is CCNC(=O)C(C)Nc1cc(C)c(F)cc1N. The molecule has 0 bridgehead atoms. The molecule has 1 rings (SSSR count). The van der Waals surface area contributed by atoms with Crippen LogP contribution in [-0.2, 0) is 4.79 Å². The van der Waals surface area contributed by atoms with Crippen LogP contribution in [-0.4, -0.2) is 18.5 Å². The first-order chi connectivity index (χ1) is 7.95. The van der Waals surface area contributed by atoms with Crippen molar-refractivity contribution in [1.82, 2.24) is 5.32 Å². The number of nitrogens with two attached hydrogens (primary N) is 1. The average Bonchev–Trinajstić information content (AvgIpc) is 2.26. The predicted molar refractivity (Wildman–Crippen MR) is 67.3 cm³/mol. The van der Waals surface area contributed by atoms with Gasteiger partial charge in [-0.05, 0) is 38.5 Å². The quantitative estimate of drug-likeness (QED) is 0.700. The van der Waals surface area contributed by atoms with Crippen LogP contribution in [0, 0.1) is 12.7 Å². The molecule has 0 aliphatic carbocycles. The van der Waals surface area contributed by atoms with Gasteiger partial charge < -0.3 is 16.4 Å². The highest BCUT2D eigenvalue weighted by atomic mass is 19.1. The Morgan fingerprint density at radius 2 is 2.18 bits per heavy atom. The molecular formula is C12H18FN3O. The minimum Gasteiger partial charge on any atom is -0.397 e. The fourth-order valence-electron chi connectivity index (χ4n) is 1.45. The van der Waals surface area contributed by atoms with Crippen molar-refractivity contribution in [1.29, 1.82) is 0 Å². The van der Waals surface area contributed by atoms with Crippen molar-refractivity contribution in [3.63, 3.8) is 0 Å². The summed E-state index contributed by atoms with van der Waals surface area (Å²) in [4.78, 5) is 11.5. The van der Waals surface area contributed by atoms with Crippen molar-refractivity contribution >= 4 is 17.3 Å². The van der Waals surface area contributed by atoms with Gasteiger partial charge >= 0.3 is 0 Å². The number of hydrogen-bond donors (Lipinski definition) is 3. The molecule has 0 radical (unpaired) electrons. The lowest BCUT2D eigenvalue weighted by Gasteiger charge is -2.16. The first-order valence-electron chi connectivity index (χ1n) is 5.55. The van der Waals surface area contributed by atoms with Crippen LogP contribution in [0.4, 0.5) is 15.8 Å². The Morgan fingerprint density at radius 1 is 1.53 bits per heavy atom. The molecule has 0 saturated carbocycles. The minimum atomic E-state index is -0.415. The lowest BCUT2D eigenvalue weighted by molar-refractivity contribution is -0.121. The van der Waals surface area contributed by atoms with Crippen LogP contribution in [0.5, 0.6) is 0 Å². The van der Waals surface area contributed by atoms with Crippen LogP contribution >= 0.6 is 0 Å². The van der Waals surface area contributed by atoms with E-state index in [0.717, 1.165) is 0 Å². The summed E-state index contributed by atoms with van der Waals surface area (Å²) in [7, 11) is 0. The first kappa shape index (κ1) is 13.3. The molecule has 0 spiro atoms. The van der Waals surface area contributed by atoms with Gasteiger partial charge in [-0.3, -0.25) is 4.79 Å². The van der Waals surface area contributed by atoms with Crippen molar-refractivity contribution < 1.29 is 9.18 Å². The number of nitrogens with one attached hydrogen (secondary N) is 2. The summed E-state index contributed by atoms with van der Waals surface area (Å²) in [6.07, 6.45) is 0. The number of carbonyl (C=O) groups is 1. The number of aryl methyl sites for hydroxylation is 1. The van der Waals surface area contributed by atoms with E-state index < -0.39 is 6.04 Å². The Bertz CT molecular complexity index is 420. The lowest BCUT2D eigenvalue weighted by atomic mass is 10.1. The van der Waals surface area contributed by atoms with Crippen LogP contribution in [0.15, 0.2) is 12.1 Å². The highest BCUT2D eigenvalue weighted by molar-refractivity contribution is 5.85. The minimum absolute atomic E-state index is 0.117. The van der Waals surface area contributed by atoms with E-state index in [4.69, 9.17) is 5.73 Å². The molecule has 1 aromatic carbocycles. The fourth-order valence-corrected chi connectivity index (χ4v) is 1.45. The van der Waals surface area contributed by atoms with E-state index in [9.17, 15) is 9.18 Å². The van der Waals surface area contributed by atoms with Crippen LogP contribution in [0.2, 0.25) is 0 Å². The number of likely N-dealkylation sites (N-methyl/N-ethyl adjacent to an activating group) is 1. The molecule has 17 heavy (non-hydrogen) atoms. The zero-order chi connectivity index (χ0) is 13.0. The Balaban J connectivity index is 2.81. The third-order valence-electron chi connectivity index (χ3n) is 2.45. The average molecular weight is 239 g/mol. The predicted octanol–water partition coefficient (Wildman–Crippen LogP) is 1.65. The van der Waals surface area contributed by atoms with E-state index in [-0.39, 0.29) is 11.7 Å². The second-order valence-electron chi connectivity index (χ2n) is 3.95. The highest BCUT2D eigenvalue weighted by Crippen LogP contribution is 2.23. The summed E-state index contributed by atoms with van der Waals surface area (Å²) in [5, 5.41) is 5.65. The third kappa shape index (κ3) is 3.34. The molecule has 4 N–H and O–H groups in total. The van der Waals surface area contributed by atoms with Gasteiger partial charge in [0.15, 0.2) is 0 Å². The standard InChI is InChI=1S/C12H18FN3O/c1-4-15-12(17)8(3)16-11-5-7(2)9(13)6-10(11)14/h5-6,8,16H,4,14H2,1-3H3,(H,15,17). The molecular weight excluding hydrogens is 221 g/mol. The van der Waals surface area contributed by atoms with Gasteiger partial charge in [-0.25, -0.2) is 4.39 Å². The first-order valence-corrected chi connectivity index (χ1v) is 5.55. The third-order valence-corrected chi connectivity index (χ3v) is 2.45. The maximum Gasteiger partial charge on any atom is 0.242 e. The molecule has 0 aliphatic heterocycles. The van der Waals surface area contributed by atoms with E-state index in [1.807, 2.05) is 6.92 Å². The molecule has 1 aromatic rings. The monoisotopic (exact) mass is 239 g/mol. The molecule has 1 amide bonds. The molecule has 4 nitrogen and oxygen atoms in total. The number of amides is 1. The topological polar surface area (TPSA) is 67.2 Å². The van der Waals surface area contributed by atoms with Crippen LogP contribution in [0.3, 0.4) is 0 Å². The largest absolute Gasteiger partial charge is 0.397 e. The van der Waals surface area contributed by atoms with Gasteiger partial charge in [0.1, 0.15) is 11.9 Å². The molecule has 0 fully saturated rings. The van der Waals surface area contributed by atoms with E-state index >= 15 is 0 Å². The van der Waals surface area contributed by atoms with Crippen molar-refractivity contribution in [2.75, 3.05) is 17.6 Å². The summed E-state index contributed by atoms with van der Waals surface area (Å²) >= 11 is 0. The second-order valence-corrected chi connectivity index (χ2v) is 3.95. The summed E-state index contributed by atoms with van der Waals surface area (Å²) in [6, 6.07) is 2.43. The van der Waals surface area contributed by atoms with Crippen molar-refractivity contribution in [3.05, 3.63) is 23.5 Å². The molecule has 1 atom stereocenters.